The van der Waals surface area contributed by atoms with Gasteiger partial charge in [-0.15, -0.1) is 0 Å². The van der Waals surface area contributed by atoms with Crippen molar-refractivity contribution in [2.24, 2.45) is 0 Å². The van der Waals surface area contributed by atoms with E-state index >= 15 is 0 Å². The van der Waals surface area contributed by atoms with Crippen molar-refractivity contribution < 1.29 is 22.6 Å². The van der Waals surface area contributed by atoms with Gasteiger partial charge < -0.3 is 19.5 Å². The van der Waals surface area contributed by atoms with Crippen molar-refractivity contribution in [3.63, 3.8) is 0 Å². The summed E-state index contributed by atoms with van der Waals surface area (Å²) in [5.41, 5.74) is 3.23. The van der Waals surface area contributed by atoms with E-state index in [1.807, 2.05) is 18.2 Å². The minimum absolute atomic E-state index is 0.284. The fourth-order valence-corrected chi connectivity index (χ4v) is 4.07. The van der Waals surface area contributed by atoms with Crippen molar-refractivity contribution in [2.45, 2.75) is 4.90 Å². The van der Waals surface area contributed by atoms with E-state index in [4.69, 9.17) is 14.2 Å². The van der Waals surface area contributed by atoms with E-state index < -0.39 is 9.84 Å². The Hall–Kier alpha value is -3.85. The molecule has 0 radical (unpaired) electrons. The fraction of sp³-hybridized carbons (Fsp3) is 0.167. The summed E-state index contributed by atoms with van der Waals surface area (Å²) in [6, 6.07) is 16.1. The normalized spacial score (nSPS) is 11.3. The molecule has 0 amide bonds. The van der Waals surface area contributed by atoms with E-state index in [1.165, 1.54) is 6.26 Å². The van der Waals surface area contributed by atoms with Crippen LogP contribution in [0.5, 0.6) is 17.2 Å². The number of anilines is 2. The Balaban J connectivity index is 1.67. The predicted octanol–water partition coefficient (Wildman–Crippen LogP) is 4.47. The number of benzene rings is 3. The first-order chi connectivity index (χ1) is 15.8. The lowest BCUT2D eigenvalue weighted by Gasteiger charge is -2.14. The van der Waals surface area contributed by atoms with Crippen LogP contribution in [0.1, 0.15) is 0 Å². The first kappa shape index (κ1) is 22.3. The second-order valence-electron chi connectivity index (χ2n) is 7.30. The van der Waals surface area contributed by atoms with E-state index in [0.29, 0.717) is 28.9 Å². The molecule has 1 aromatic heterocycles. The summed E-state index contributed by atoms with van der Waals surface area (Å²) in [6.07, 6.45) is 2.93. The van der Waals surface area contributed by atoms with Crippen molar-refractivity contribution in [3.05, 3.63) is 60.8 Å². The summed E-state index contributed by atoms with van der Waals surface area (Å²) < 4.78 is 39.6. The third-order valence-electron chi connectivity index (χ3n) is 5.12. The Morgan fingerprint density at radius 3 is 2.03 bits per heavy atom. The minimum atomic E-state index is -3.24. The molecule has 0 aliphatic rings. The van der Waals surface area contributed by atoms with E-state index in [1.54, 1.807) is 63.9 Å². The number of nitrogens with one attached hydrogen (secondary N) is 1. The number of methoxy groups -OCH3 is 3. The molecule has 0 saturated heterocycles. The van der Waals surface area contributed by atoms with Crippen LogP contribution in [0.4, 0.5) is 11.6 Å². The maximum Gasteiger partial charge on any atom is 0.227 e. The van der Waals surface area contributed by atoms with Gasteiger partial charge in [-0.2, -0.15) is 0 Å². The molecule has 0 bridgehead atoms. The number of hydrogen-bond acceptors (Lipinski definition) is 8. The van der Waals surface area contributed by atoms with Gasteiger partial charge in [-0.05, 0) is 29.3 Å². The summed E-state index contributed by atoms with van der Waals surface area (Å²) >= 11 is 0. The number of fused-ring (bicyclic) bond motifs is 1. The number of ether oxygens (including phenoxy) is 3. The Morgan fingerprint density at radius 1 is 0.818 bits per heavy atom. The van der Waals surface area contributed by atoms with Gasteiger partial charge in [0.25, 0.3) is 0 Å². The molecule has 0 aliphatic heterocycles. The second-order valence-corrected chi connectivity index (χ2v) is 9.32. The van der Waals surface area contributed by atoms with Crippen LogP contribution in [0.3, 0.4) is 0 Å². The van der Waals surface area contributed by atoms with E-state index in [-0.39, 0.29) is 4.90 Å². The van der Waals surface area contributed by atoms with E-state index in [0.717, 1.165) is 22.0 Å². The molecule has 3 aromatic carbocycles. The van der Waals surface area contributed by atoms with Gasteiger partial charge in [0.1, 0.15) is 0 Å². The Morgan fingerprint density at radius 2 is 1.45 bits per heavy atom. The minimum Gasteiger partial charge on any atom is -0.493 e. The summed E-state index contributed by atoms with van der Waals surface area (Å²) in [5, 5.41) is 4.05. The molecule has 4 aromatic rings. The topological polar surface area (TPSA) is 99.6 Å². The second kappa shape index (κ2) is 8.95. The number of hydrogen-bond donors (Lipinski definition) is 1. The van der Waals surface area contributed by atoms with Gasteiger partial charge in [-0.1, -0.05) is 24.3 Å². The smallest absolute Gasteiger partial charge is 0.227 e. The average molecular weight is 466 g/mol. The zero-order valence-electron chi connectivity index (χ0n) is 18.6. The van der Waals surface area contributed by atoms with Crippen LogP contribution in [0.15, 0.2) is 65.7 Å². The zero-order chi connectivity index (χ0) is 23.6. The van der Waals surface area contributed by atoms with Gasteiger partial charge in [0, 0.05) is 35.7 Å². The van der Waals surface area contributed by atoms with Crippen molar-refractivity contribution in [2.75, 3.05) is 32.9 Å². The molecular formula is C24H23N3O5S. The van der Waals surface area contributed by atoms with Gasteiger partial charge in [0.15, 0.2) is 21.3 Å². The Kier molecular flexibility index (Phi) is 6.06. The zero-order valence-corrected chi connectivity index (χ0v) is 19.4. The lowest BCUT2D eigenvalue weighted by Crippen LogP contribution is -2.00. The maximum absolute atomic E-state index is 11.7. The molecule has 8 nitrogen and oxygen atoms in total. The molecule has 0 aliphatic carbocycles. The number of sulfone groups is 1. The lowest BCUT2D eigenvalue weighted by atomic mass is 10.0. The van der Waals surface area contributed by atoms with Crippen molar-refractivity contribution in [1.29, 1.82) is 0 Å². The lowest BCUT2D eigenvalue weighted by molar-refractivity contribution is 0.324. The molecule has 0 fully saturated rings. The monoisotopic (exact) mass is 465 g/mol. The van der Waals surface area contributed by atoms with Crippen LogP contribution in [0.25, 0.3) is 22.0 Å². The number of nitrogens with zero attached hydrogens (tertiary/aromatic N) is 2. The molecule has 9 heteroatoms. The van der Waals surface area contributed by atoms with Crippen molar-refractivity contribution in [1.82, 2.24) is 9.97 Å². The molecule has 0 spiro atoms. The molecule has 0 atom stereocenters. The fourth-order valence-electron chi connectivity index (χ4n) is 3.44. The number of rotatable bonds is 7. The molecule has 33 heavy (non-hydrogen) atoms. The molecule has 1 heterocycles. The Bertz CT molecular complexity index is 1400. The van der Waals surface area contributed by atoms with Gasteiger partial charge in [0.2, 0.25) is 11.7 Å². The summed E-state index contributed by atoms with van der Waals surface area (Å²) in [5.74, 6) is 1.93. The first-order valence-corrected chi connectivity index (χ1v) is 11.9. The van der Waals surface area contributed by atoms with Gasteiger partial charge >= 0.3 is 0 Å². The van der Waals surface area contributed by atoms with Crippen LogP contribution < -0.4 is 19.5 Å². The number of aromatic nitrogens is 2. The SMILES string of the molecule is COc1cc(Nc2ncc3ccc(-c4ccc(S(C)(=O)=O)cc4)cc3n2)cc(OC)c1OC. The van der Waals surface area contributed by atoms with Crippen LogP contribution in [0, 0.1) is 0 Å². The van der Waals surface area contributed by atoms with E-state index in [9.17, 15) is 8.42 Å². The molecule has 0 saturated carbocycles. The highest BCUT2D eigenvalue weighted by molar-refractivity contribution is 7.90. The van der Waals surface area contributed by atoms with Crippen LogP contribution in [-0.4, -0.2) is 46.0 Å². The molecule has 4 rings (SSSR count). The maximum atomic E-state index is 11.7. The van der Waals surface area contributed by atoms with E-state index in [2.05, 4.69) is 15.3 Å². The van der Waals surface area contributed by atoms with Gasteiger partial charge in [-0.3, -0.25) is 0 Å². The first-order valence-electron chi connectivity index (χ1n) is 9.96. The van der Waals surface area contributed by atoms with Gasteiger partial charge in [0.05, 0.1) is 31.7 Å². The Labute approximate surface area is 192 Å². The highest BCUT2D eigenvalue weighted by Crippen LogP contribution is 2.40. The van der Waals surface area contributed by atoms with Gasteiger partial charge in [-0.25, -0.2) is 18.4 Å². The largest absolute Gasteiger partial charge is 0.493 e. The van der Waals surface area contributed by atoms with Crippen LogP contribution in [-0.2, 0) is 9.84 Å². The summed E-state index contributed by atoms with van der Waals surface area (Å²) in [6.45, 7) is 0. The standard InChI is InChI=1S/C24H23N3O5S/c1-30-21-12-18(13-22(31-2)23(21)32-3)26-24-25-14-17-6-5-16(11-20(17)27-24)15-7-9-19(10-8-15)33(4,28)29/h5-14H,1-4H3,(H,25,26,27). The quantitative estimate of drug-likeness (QED) is 0.427. The molecule has 170 valence electrons. The predicted molar refractivity (Wildman–Crippen MR) is 127 cm³/mol. The molecule has 1 N–H and O–H groups in total. The molecular weight excluding hydrogens is 442 g/mol. The third kappa shape index (κ3) is 4.68. The highest BCUT2D eigenvalue weighted by atomic mass is 32.2. The average Bonchev–Trinajstić information content (AvgIpc) is 2.82. The highest BCUT2D eigenvalue weighted by Gasteiger charge is 2.14. The third-order valence-corrected chi connectivity index (χ3v) is 6.25. The summed E-state index contributed by atoms with van der Waals surface area (Å²) in [7, 11) is 1.41. The van der Waals surface area contributed by atoms with Crippen molar-refractivity contribution in [3.8, 4) is 28.4 Å². The van der Waals surface area contributed by atoms with Crippen LogP contribution in [0.2, 0.25) is 0 Å². The summed E-state index contributed by atoms with van der Waals surface area (Å²) in [4.78, 5) is 9.31. The van der Waals surface area contributed by atoms with Crippen molar-refractivity contribution >= 4 is 32.4 Å². The molecule has 0 unspecified atom stereocenters. The van der Waals surface area contributed by atoms with Crippen LogP contribution >= 0.6 is 0 Å².